The van der Waals surface area contributed by atoms with Crippen LogP contribution in [0, 0.1) is 5.92 Å². The Hall–Kier alpha value is -2.37. The van der Waals surface area contributed by atoms with Crippen LogP contribution in [0.4, 0.5) is 4.79 Å². The molecule has 2 unspecified atom stereocenters. The third-order valence-corrected chi connectivity index (χ3v) is 3.15. The van der Waals surface area contributed by atoms with Crippen molar-refractivity contribution >= 4 is 17.7 Å². The second-order valence-corrected chi connectivity index (χ2v) is 4.47. The Morgan fingerprint density at radius 3 is 2.80 bits per heavy atom. The summed E-state index contributed by atoms with van der Waals surface area (Å²) in [5.74, 6) is -1.19. The van der Waals surface area contributed by atoms with Gasteiger partial charge in [0, 0.05) is 11.3 Å². The fourth-order valence-electron chi connectivity index (χ4n) is 2.27. The lowest BCUT2D eigenvalue weighted by Crippen LogP contribution is -2.44. The number of phenols is 1. The monoisotopic (exact) mass is 276 g/mol. The standard InChI is InChI=1S/C14H16N2O4/c1-3-20-13(18)11-8(2)15-14(19)16-12(11)9-6-4-5-7-10(9)17/h4-7,11-12,17H,3H2,1-2H3,(H,16,19). The number of esters is 1. The number of benzene rings is 1. The molecular formula is C14H16N2O4. The highest BCUT2D eigenvalue weighted by Gasteiger charge is 2.38. The quantitative estimate of drug-likeness (QED) is 0.824. The summed E-state index contributed by atoms with van der Waals surface area (Å²) in [6.45, 7) is 3.55. The molecule has 106 valence electrons. The summed E-state index contributed by atoms with van der Waals surface area (Å²) < 4.78 is 5.03. The van der Waals surface area contributed by atoms with Crippen molar-refractivity contribution in [3.63, 3.8) is 0 Å². The van der Waals surface area contributed by atoms with Crippen molar-refractivity contribution in [3.05, 3.63) is 29.8 Å². The van der Waals surface area contributed by atoms with Crippen LogP contribution in [0.5, 0.6) is 5.75 Å². The fourth-order valence-corrected chi connectivity index (χ4v) is 2.27. The number of hydrogen-bond donors (Lipinski definition) is 2. The lowest BCUT2D eigenvalue weighted by molar-refractivity contribution is -0.146. The smallest absolute Gasteiger partial charge is 0.341 e. The van der Waals surface area contributed by atoms with E-state index in [0.29, 0.717) is 11.3 Å². The molecule has 2 rings (SSSR count). The Balaban J connectivity index is 2.43. The van der Waals surface area contributed by atoms with E-state index in [9.17, 15) is 14.7 Å². The van der Waals surface area contributed by atoms with Gasteiger partial charge < -0.3 is 15.2 Å². The molecule has 0 aromatic heterocycles. The maximum absolute atomic E-state index is 12.1. The van der Waals surface area contributed by atoms with Gasteiger partial charge in [0.2, 0.25) is 0 Å². The van der Waals surface area contributed by atoms with Crippen molar-refractivity contribution in [2.24, 2.45) is 10.9 Å². The predicted molar refractivity (Wildman–Crippen MR) is 72.6 cm³/mol. The molecule has 0 radical (unpaired) electrons. The summed E-state index contributed by atoms with van der Waals surface area (Å²) >= 11 is 0. The normalized spacial score (nSPS) is 21.9. The second kappa shape index (κ2) is 5.73. The van der Waals surface area contributed by atoms with E-state index in [1.165, 1.54) is 6.07 Å². The van der Waals surface area contributed by atoms with Gasteiger partial charge in [0.25, 0.3) is 0 Å². The van der Waals surface area contributed by atoms with Crippen LogP contribution >= 0.6 is 0 Å². The average molecular weight is 276 g/mol. The third kappa shape index (κ3) is 2.64. The number of para-hydroxylation sites is 1. The molecule has 2 N–H and O–H groups in total. The van der Waals surface area contributed by atoms with E-state index in [0.717, 1.165) is 0 Å². The van der Waals surface area contributed by atoms with E-state index in [4.69, 9.17) is 4.74 Å². The number of aliphatic imine (C=N–C) groups is 1. The minimum absolute atomic E-state index is 0.0156. The Morgan fingerprint density at radius 1 is 1.45 bits per heavy atom. The average Bonchev–Trinajstić information content (AvgIpc) is 2.38. The van der Waals surface area contributed by atoms with Gasteiger partial charge in [-0.1, -0.05) is 18.2 Å². The number of ether oxygens (including phenoxy) is 1. The molecule has 20 heavy (non-hydrogen) atoms. The minimum Gasteiger partial charge on any atom is -0.508 e. The molecule has 0 fully saturated rings. The molecule has 2 atom stereocenters. The molecule has 6 nitrogen and oxygen atoms in total. The van der Waals surface area contributed by atoms with Gasteiger partial charge in [-0.2, -0.15) is 0 Å². The van der Waals surface area contributed by atoms with Gasteiger partial charge in [0.15, 0.2) is 0 Å². The molecule has 0 bridgehead atoms. The largest absolute Gasteiger partial charge is 0.508 e. The van der Waals surface area contributed by atoms with Gasteiger partial charge in [-0.05, 0) is 19.9 Å². The highest BCUT2D eigenvalue weighted by Crippen LogP contribution is 2.32. The SMILES string of the molecule is CCOC(=O)C1C(C)=NC(=O)NC1c1ccccc1O. The van der Waals surface area contributed by atoms with Crippen molar-refractivity contribution in [2.45, 2.75) is 19.9 Å². The van der Waals surface area contributed by atoms with E-state index < -0.39 is 24.0 Å². The Kier molecular flexibility index (Phi) is 4.02. The van der Waals surface area contributed by atoms with E-state index in [2.05, 4.69) is 10.3 Å². The molecule has 6 heteroatoms. The number of aromatic hydroxyl groups is 1. The van der Waals surface area contributed by atoms with E-state index in [1.807, 2.05) is 0 Å². The van der Waals surface area contributed by atoms with Gasteiger partial charge in [0.1, 0.15) is 11.7 Å². The number of hydrogen-bond acceptors (Lipinski definition) is 4. The summed E-state index contributed by atoms with van der Waals surface area (Å²) in [5.41, 5.74) is 0.841. The lowest BCUT2D eigenvalue weighted by Gasteiger charge is -2.29. The molecule has 1 aromatic carbocycles. The van der Waals surface area contributed by atoms with E-state index in [1.54, 1.807) is 32.0 Å². The Labute approximate surface area is 116 Å². The summed E-state index contributed by atoms with van der Waals surface area (Å²) in [7, 11) is 0. The summed E-state index contributed by atoms with van der Waals surface area (Å²) in [4.78, 5) is 27.4. The lowest BCUT2D eigenvalue weighted by atomic mass is 9.88. The number of urea groups is 1. The van der Waals surface area contributed by atoms with E-state index in [-0.39, 0.29) is 12.4 Å². The summed E-state index contributed by atoms with van der Waals surface area (Å²) in [6, 6.07) is 5.35. The van der Waals surface area contributed by atoms with Crippen molar-refractivity contribution < 1.29 is 19.4 Å². The number of carbonyl (C=O) groups is 2. The van der Waals surface area contributed by atoms with Gasteiger partial charge in [0.05, 0.1) is 12.6 Å². The van der Waals surface area contributed by atoms with Crippen LogP contribution in [0.25, 0.3) is 0 Å². The van der Waals surface area contributed by atoms with Crippen LogP contribution in [0.1, 0.15) is 25.5 Å². The molecular weight excluding hydrogens is 260 g/mol. The maximum atomic E-state index is 12.1. The van der Waals surface area contributed by atoms with E-state index >= 15 is 0 Å². The van der Waals surface area contributed by atoms with Crippen LogP contribution in [-0.4, -0.2) is 29.4 Å². The number of phenolic OH excluding ortho intramolecular Hbond substituents is 1. The van der Waals surface area contributed by atoms with Crippen LogP contribution in [-0.2, 0) is 9.53 Å². The predicted octanol–water partition coefficient (Wildman–Crippen LogP) is 1.80. The van der Waals surface area contributed by atoms with Crippen LogP contribution in [0.15, 0.2) is 29.3 Å². The zero-order valence-corrected chi connectivity index (χ0v) is 11.3. The van der Waals surface area contributed by atoms with Gasteiger partial charge in [-0.25, -0.2) is 9.79 Å². The van der Waals surface area contributed by atoms with Gasteiger partial charge >= 0.3 is 12.0 Å². The first-order valence-electron chi connectivity index (χ1n) is 6.34. The number of nitrogens with zero attached hydrogens (tertiary/aromatic N) is 1. The summed E-state index contributed by atoms with van der Waals surface area (Å²) in [6.07, 6.45) is 0. The maximum Gasteiger partial charge on any atom is 0.341 e. The molecule has 1 aliphatic rings. The van der Waals surface area contributed by atoms with Crippen molar-refractivity contribution in [1.29, 1.82) is 0 Å². The molecule has 1 heterocycles. The fraction of sp³-hybridized carbons (Fsp3) is 0.357. The number of amides is 2. The molecule has 0 saturated carbocycles. The zero-order valence-electron chi connectivity index (χ0n) is 11.3. The highest BCUT2D eigenvalue weighted by atomic mass is 16.5. The van der Waals surface area contributed by atoms with Crippen molar-refractivity contribution in [2.75, 3.05) is 6.61 Å². The first-order chi connectivity index (χ1) is 9.54. The second-order valence-electron chi connectivity index (χ2n) is 4.47. The topological polar surface area (TPSA) is 88.0 Å². The molecule has 2 amide bonds. The molecule has 1 aromatic rings. The first kappa shape index (κ1) is 14.0. The van der Waals surface area contributed by atoms with Crippen LogP contribution < -0.4 is 5.32 Å². The minimum atomic E-state index is -0.735. The number of rotatable bonds is 3. The van der Waals surface area contributed by atoms with Crippen LogP contribution in [0.2, 0.25) is 0 Å². The Bertz CT molecular complexity index is 568. The molecule has 0 spiro atoms. The first-order valence-corrected chi connectivity index (χ1v) is 6.34. The third-order valence-electron chi connectivity index (χ3n) is 3.15. The van der Waals surface area contributed by atoms with Gasteiger partial charge in [-0.15, -0.1) is 0 Å². The Morgan fingerprint density at radius 2 is 2.15 bits per heavy atom. The number of carbonyl (C=O) groups excluding carboxylic acids is 2. The van der Waals surface area contributed by atoms with Crippen LogP contribution in [0.3, 0.4) is 0 Å². The molecule has 0 saturated heterocycles. The molecule has 1 aliphatic heterocycles. The van der Waals surface area contributed by atoms with Crippen molar-refractivity contribution in [3.8, 4) is 5.75 Å². The number of nitrogens with one attached hydrogen (secondary N) is 1. The zero-order chi connectivity index (χ0) is 14.7. The summed E-state index contributed by atoms with van der Waals surface area (Å²) in [5, 5.41) is 12.5. The van der Waals surface area contributed by atoms with Crippen molar-refractivity contribution in [1.82, 2.24) is 5.32 Å². The van der Waals surface area contributed by atoms with Gasteiger partial charge in [-0.3, -0.25) is 4.79 Å². The molecule has 0 aliphatic carbocycles. The highest BCUT2D eigenvalue weighted by molar-refractivity contribution is 6.08.